The number of pyridine rings is 1. The molecule has 6 aliphatic rings. The van der Waals surface area contributed by atoms with E-state index in [-0.39, 0.29) is 47.5 Å². The zero-order valence-corrected chi connectivity index (χ0v) is 38.5. The predicted molar refractivity (Wildman–Crippen MR) is 251 cm³/mol. The van der Waals surface area contributed by atoms with E-state index in [2.05, 4.69) is 72.8 Å². The second-order valence-corrected chi connectivity index (χ2v) is 21.0. The number of fused-ring (bicyclic) bond motifs is 2. The van der Waals surface area contributed by atoms with Crippen molar-refractivity contribution in [3.05, 3.63) is 106 Å². The highest BCUT2D eigenvalue weighted by atomic mass is 32.2. The summed E-state index contributed by atoms with van der Waals surface area (Å²) in [5, 5.41) is 16.5. The van der Waals surface area contributed by atoms with Gasteiger partial charge in [-0.3, -0.25) is 24.7 Å². The molecule has 1 aliphatic carbocycles. The molecule has 4 atom stereocenters. The molecule has 0 unspecified atom stereocenters. The van der Waals surface area contributed by atoms with E-state index in [0.717, 1.165) is 49.6 Å². The van der Waals surface area contributed by atoms with Gasteiger partial charge in [-0.15, -0.1) is 0 Å². The number of nitro groups is 1. The molecule has 5 aliphatic heterocycles. The predicted octanol–water partition coefficient (Wildman–Crippen LogP) is 6.94. The molecule has 67 heavy (non-hydrogen) atoms. The number of amides is 1. The third-order valence-corrected chi connectivity index (χ3v) is 16.5. The fraction of sp³-hybridized carbons (Fsp3) is 0.469. The second-order valence-electron chi connectivity index (χ2n) is 19.3. The van der Waals surface area contributed by atoms with Crippen molar-refractivity contribution in [3.63, 3.8) is 0 Å². The average molecular weight is 933 g/mol. The first-order chi connectivity index (χ1) is 32.4. The third-order valence-electron chi connectivity index (χ3n) is 15.2. The molecule has 1 amide bonds. The zero-order valence-electron chi connectivity index (χ0n) is 37.7. The van der Waals surface area contributed by atoms with E-state index in [4.69, 9.17) is 18.9 Å². The number of sulfonamides is 1. The number of rotatable bonds is 11. The van der Waals surface area contributed by atoms with Gasteiger partial charge >= 0.3 is 0 Å². The van der Waals surface area contributed by atoms with Gasteiger partial charge in [0.25, 0.3) is 21.6 Å². The van der Waals surface area contributed by atoms with Gasteiger partial charge in [-0.1, -0.05) is 24.3 Å². The largest absolute Gasteiger partial charge is 0.489 e. The van der Waals surface area contributed by atoms with Crippen LogP contribution in [-0.4, -0.2) is 122 Å². The number of piperidine rings is 1. The van der Waals surface area contributed by atoms with Crippen LogP contribution in [0.3, 0.4) is 0 Å². The molecule has 0 bridgehead atoms. The van der Waals surface area contributed by atoms with Crippen LogP contribution in [0.15, 0.2) is 84.0 Å². The average Bonchev–Trinajstić information content (AvgIpc) is 3.98. The highest BCUT2D eigenvalue weighted by molar-refractivity contribution is 7.90. The van der Waals surface area contributed by atoms with Crippen molar-refractivity contribution in [2.45, 2.75) is 93.6 Å². The van der Waals surface area contributed by atoms with Crippen molar-refractivity contribution in [3.8, 4) is 17.2 Å². The first-order valence-electron chi connectivity index (χ1n) is 23.5. The number of carbonyl (C=O) groups is 1. The number of hydrogen-bond acceptors (Lipinski definition) is 14. The number of nitro benzene ring substituents is 1. The molecule has 1 spiro atoms. The van der Waals surface area contributed by atoms with Gasteiger partial charge in [-0.2, -0.15) is 0 Å². The molecule has 5 aromatic rings. The lowest BCUT2D eigenvalue weighted by molar-refractivity contribution is -0.384. The smallest absolute Gasteiger partial charge is 0.297 e. The number of aromatic nitrogens is 2. The van der Waals surface area contributed by atoms with Gasteiger partial charge in [-0.05, 0) is 99.7 Å². The van der Waals surface area contributed by atoms with Gasteiger partial charge < -0.3 is 34.1 Å². The summed E-state index contributed by atoms with van der Waals surface area (Å²) < 4.78 is 54.2. The SMILES string of the molecule is Cc1ccccc1[C@@H]1CCCN1C1CC2(CCN(c3ccc(C(=O)NS(=O)(=O)c4cc5c(c([N+](=O)[O-])c4)N[C@H]([C@H]4CN(C6COC6)[C@H](C)CO4)CO5)c(Oc4cnc5[nH]ccc5c4)c3)CC2)C1. The number of anilines is 2. The summed E-state index contributed by atoms with van der Waals surface area (Å²) in [4.78, 5) is 40.4. The number of hydrogen-bond donors (Lipinski definition) is 3. The summed E-state index contributed by atoms with van der Waals surface area (Å²) in [5.74, 6) is -0.488. The van der Waals surface area contributed by atoms with Crippen LogP contribution in [0.5, 0.6) is 17.2 Å². The van der Waals surface area contributed by atoms with E-state index in [9.17, 15) is 23.3 Å². The Morgan fingerprint density at radius 3 is 2.58 bits per heavy atom. The van der Waals surface area contributed by atoms with E-state index in [1.54, 1.807) is 24.4 Å². The summed E-state index contributed by atoms with van der Waals surface area (Å²) in [5.41, 5.74) is 4.14. The van der Waals surface area contributed by atoms with Crippen molar-refractivity contribution in [1.82, 2.24) is 24.5 Å². The van der Waals surface area contributed by atoms with Gasteiger partial charge in [0, 0.05) is 73.2 Å². The lowest BCUT2D eigenvalue weighted by Crippen LogP contribution is -2.62. The summed E-state index contributed by atoms with van der Waals surface area (Å²) >= 11 is 0. The molecular formula is C49H56N8O9S. The highest BCUT2D eigenvalue weighted by Gasteiger charge is 2.50. The Balaban J connectivity index is 0.801. The van der Waals surface area contributed by atoms with Crippen LogP contribution in [0, 0.1) is 22.5 Å². The molecule has 3 N–H and O–H groups in total. The maximum atomic E-state index is 14.1. The lowest BCUT2D eigenvalue weighted by atomic mass is 9.59. The Kier molecular flexibility index (Phi) is 11.4. The van der Waals surface area contributed by atoms with E-state index >= 15 is 0 Å². The molecular weight excluding hydrogens is 877 g/mol. The van der Waals surface area contributed by atoms with Gasteiger partial charge in [0.1, 0.15) is 23.8 Å². The fourth-order valence-electron chi connectivity index (χ4n) is 11.4. The Morgan fingerprint density at radius 1 is 0.985 bits per heavy atom. The Labute approximate surface area is 389 Å². The van der Waals surface area contributed by atoms with Crippen LogP contribution in [0.1, 0.15) is 73.0 Å². The highest BCUT2D eigenvalue weighted by Crippen LogP contribution is 2.54. The number of nitrogens with one attached hydrogen (secondary N) is 3. The van der Waals surface area contributed by atoms with Crippen molar-refractivity contribution in [2.75, 3.05) is 62.8 Å². The monoisotopic (exact) mass is 932 g/mol. The van der Waals surface area contributed by atoms with Crippen LogP contribution in [0.2, 0.25) is 0 Å². The first kappa shape index (κ1) is 43.8. The summed E-state index contributed by atoms with van der Waals surface area (Å²) in [6.07, 6.45) is 9.89. The number of ether oxygens (including phenoxy) is 4. The molecule has 1 saturated carbocycles. The topological polar surface area (TPSA) is 194 Å². The first-order valence-corrected chi connectivity index (χ1v) is 24.9. The fourth-order valence-corrected chi connectivity index (χ4v) is 12.4. The third kappa shape index (κ3) is 8.36. The summed E-state index contributed by atoms with van der Waals surface area (Å²) in [7, 11) is -4.67. The number of carbonyl (C=O) groups excluding carboxylic acids is 1. The number of nitrogens with zero attached hydrogens (tertiary/aromatic N) is 5. The van der Waals surface area contributed by atoms with Gasteiger partial charge in [-0.25, -0.2) is 18.1 Å². The van der Waals surface area contributed by atoms with Crippen LogP contribution in [-0.2, 0) is 19.5 Å². The lowest BCUT2D eigenvalue weighted by Gasteiger charge is -2.56. The molecule has 7 heterocycles. The normalized spacial score (nSPS) is 24.6. The van der Waals surface area contributed by atoms with E-state index < -0.39 is 37.5 Å². The van der Waals surface area contributed by atoms with E-state index in [1.807, 2.05) is 12.1 Å². The maximum absolute atomic E-state index is 14.1. The minimum absolute atomic E-state index is 0.0176. The van der Waals surface area contributed by atoms with Crippen molar-refractivity contribution in [1.29, 1.82) is 0 Å². The Hall–Kier alpha value is -5.79. The number of aryl methyl sites for hydroxylation is 1. The molecule has 11 rings (SSSR count). The Morgan fingerprint density at radius 2 is 1.81 bits per heavy atom. The molecule has 18 heteroatoms. The van der Waals surface area contributed by atoms with E-state index in [0.29, 0.717) is 55.3 Å². The molecule has 0 radical (unpaired) electrons. The van der Waals surface area contributed by atoms with Crippen LogP contribution in [0.25, 0.3) is 11.0 Å². The molecule has 4 saturated heterocycles. The number of likely N-dealkylation sites (tertiary alicyclic amines) is 1. The molecule has 2 aromatic heterocycles. The van der Waals surface area contributed by atoms with E-state index in [1.165, 1.54) is 49.1 Å². The van der Waals surface area contributed by atoms with Crippen LogP contribution in [0.4, 0.5) is 17.1 Å². The minimum atomic E-state index is -4.67. The van der Waals surface area contributed by atoms with Crippen LogP contribution >= 0.6 is 0 Å². The quantitative estimate of drug-likeness (QED) is 0.0911. The van der Waals surface area contributed by atoms with Crippen molar-refractivity contribution in [2.24, 2.45) is 5.41 Å². The molecule has 17 nitrogen and oxygen atoms in total. The van der Waals surface area contributed by atoms with Gasteiger partial charge in [0.2, 0.25) is 0 Å². The number of aromatic amines is 1. The zero-order chi connectivity index (χ0) is 46.0. The number of H-pyrrole nitrogens is 1. The summed E-state index contributed by atoms with van der Waals surface area (Å²) in [6.45, 7) is 9.55. The molecule has 3 aromatic carbocycles. The molecule has 5 fully saturated rings. The minimum Gasteiger partial charge on any atom is -0.489 e. The van der Waals surface area contributed by atoms with Gasteiger partial charge in [0.05, 0.1) is 59.6 Å². The summed E-state index contributed by atoms with van der Waals surface area (Å²) in [6, 6.07) is 20.8. The van der Waals surface area contributed by atoms with Crippen LogP contribution < -0.4 is 24.4 Å². The standard InChI is InChI=1S/C49H56N8O9S/c1-30-6-3-4-7-38(30)41-8-5-15-55(41)34-22-49(23-34)12-16-54(17-13-49)33-9-10-39(43(19-33)66-36-18-32-11-14-50-47(32)51-24-36)48(58)53-67(61,62)37-20-42(57(59)60)46-44(21-37)65-29-40(52-46)45-25-56(31(2)26-64-45)35-27-63-28-35/h3-4,6-7,9-11,14,18-21,24,31,34-35,40-41,45,52H,5,8,12-13,15-17,22-23,25-29H2,1-2H3,(H,50,51)(H,53,58)/t31-,40+,41+,45-/m1/s1. The Bertz CT molecular complexity index is 2820. The maximum Gasteiger partial charge on any atom is 0.297 e. The second kappa shape index (κ2) is 17.4. The number of benzene rings is 3. The number of morpholine rings is 1. The molecule has 352 valence electrons. The van der Waals surface area contributed by atoms with Gasteiger partial charge in [0.15, 0.2) is 11.4 Å². The van der Waals surface area contributed by atoms with Crippen molar-refractivity contribution >= 4 is 44.0 Å². The van der Waals surface area contributed by atoms with Crippen molar-refractivity contribution < 1.29 is 37.1 Å².